The van der Waals surface area contributed by atoms with Gasteiger partial charge in [-0.1, -0.05) is 0 Å². The van der Waals surface area contributed by atoms with E-state index in [1.807, 2.05) is 4.90 Å². The standard InChI is InChI=1S/C6H11N2OP/c1-5(9)8-3-2-6(4-8)10-7/h6-7H,2-4H2,1H3. The number of rotatable bonds is 1. The lowest BCUT2D eigenvalue weighted by atomic mass is 10.4. The Hall–Kier alpha value is -0.430. The van der Waals surface area contributed by atoms with Gasteiger partial charge in [0, 0.05) is 34.0 Å². The summed E-state index contributed by atoms with van der Waals surface area (Å²) >= 11 is 0. The van der Waals surface area contributed by atoms with Crippen LogP contribution in [0.25, 0.3) is 0 Å². The molecule has 4 heteroatoms. The van der Waals surface area contributed by atoms with Gasteiger partial charge in [0.25, 0.3) is 0 Å². The largest absolute Gasteiger partial charge is 0.342 e. The quantitative estimate of drug-likeness (QED) is 0.574. The zero-order valence-corrected chi connectivity index (χ0v) is 6.90. The van der Waals surface area contributed by atoms with Gasteiger partial charge < -0.3 is 4.90 Å². The van der Waals surface area contributed by atoms with E-state index >= 15 is 0 Å². The molecule has 1 saturated heterocycles. The fraction of sp³-hybridized carbons (Fsp3) is 0.833. The molecule has 0 saturated carbocycles. The van der Waals surface area contributed by atoms with Crippen molar-refractivity contribution in [3.05, 3.63) is 0 Å². The Morgan fingerprint density at radius 1 is 1.80 bits per heavy atom. The Labute approximate surface area is 62.1 Å². The molecular formula is C6H11N2OP. The summed E-state index contributed by atoms with van der Waals surface area (Å²) in [4.78, 5) is 12.6. The van der Waals surface area contributed by atoms with Crippen molar-refractivity contribution in [1.82, 2.24) is 4.90 Å². The monoisotopic (exact) mass is 158 g/mol. The molecule has 56 valence electrons. The van der Waals surface area contributed by atoms with Gasteiger partial charge >= 0.3 is 0 Å². The fourth-order valence-corrected chi connectivity index (χ4v) is 1.66. The predicted octanol–water partition coefficient (Wildman–Crippen LogP) is 1.32. The lowest BCUT2D eigenvalue weighted by Gasteiger charge is -2.11. The van der Waals surface area contributed by atoms with Gasteiger partial charge in [-0.15, -0.1) is 0 Å². The van der Waals surface area contributed by atoms with E-state index in [0.717, 1.165) is 19.5 Å². The van der Waals surface area contributed by atoms with Gasteiger partial charge in [0.2, 0.25) is 5.91 Å². The summed E-state index contributed by atoms with van der Waals surface area (Å²) < 4.78 is 0. The van der Waals surface area contributed by atoms with Crippen molar-refractivity contribution in [2.45, 2.75) is 19.0 Å². The van der Waals surface area contributed by atoms with Crippen LogP contribution in [-0.4, -0.2) is 29.6 Å². The SMILES string of the molecule is CC(=O)N1CCC(P=N)C1. The highest BCUT2D eigenvalue weighted by molar-refractivity contribution is 7.26. The van der Waals surface area contributed by atoms with Gasteiger partial charge in [0.15, 0.2) is 0 Å². The van der Waals surface area contributed by atoms with E-state index in [1.165, 1.54) is 0 Å². The molecule has 0 aromatic rings. The maximum Gasteiger partial charge on any atom is 0.219 e. The maximum atomic E-state index is 10.8. The number of hydrogen-bond acceptors (Lipinski definition) is 2. The highest BCUT2D eigenvalue weighted by Gasteiger charge is 2.22. The minimum absolute atomic E-state index is 0.145. The number of amides is 1. The third-order valence-corrected chi connectivity index (χ3v) is 2.58. The van der Waals surface area contributed by atoms with Crippen LogP contribution >= 0.6 is 8.37 Å². The molecule has 0 aromatic carbocycles. The smallest absolute Gasteiger partial charge is 0.219 e. The van der Waals surface area contributed by atoms with Gasteiger partial charge in [0.1, 0.15) is 0 Å². The number of nitrogens with zero attached hydrogens (tertiary/aromatic N) is 1. The molecule has 1 atom stereocenters. The average molecular weight is 158 g/mol. The highest BCUT2D eigenvalue weighted by atomic mass is 31.1. The molecule has 0 bridgehead atoms. The maximum absolute atomic E-state index is 10.8. The second kappa shape index (κ2) is 3.11. The Morgan fingerprint density at radius 2 is 2.50 bits per heavy atom. The second-order valence-electron chi connectivity index (χ2n) is 2.54. The van der Waals surface area contributed by atoms with Crippen molar-refractivity contribution >= 4 is 14.3 Å². The minimum Gasteiger partial charge on any atom is -0.342 e. The van der Waals surface area contributed by atoms with Crippen LogP contribution in [0.15, 0.2) is 0 Å². The lowest BCUT2D eigenvalue weighted by Crippen LogP contribution is -2.25. The molecule has 0 aliphatic carbocycles. The minimum atomic E-state index is 0.145. The van der Waals surface area contributed by atoms with Crippen LogP contribution in [0.1, 0.15) is 13.3 Å². The summed E-state index contributed by atoms with van der Waals surface area (Å²) in [5.41, 5.74) is 0.406. The van der Waals surface area contributed by atoms with Crippen molar-refractivity contribution in [3.63, 3.8) is 0 Å². The summed E-state index contributed by atoms with van der Waals surface area (Å²) in [6, 6.07) is 0. The molecule has 1 unspecified atom stereocenters. The molecule has 1 N–H and O–H groups in total. The first kappa shape index (κ1) is 7.67. The van der Waals surface area contributed by atoms with Gasteiger partial charge in [-0.2, -0.15) is 0 Å². The van der Waals surface area contributed by atoms with E-state index in [-0.39, 0.29) is 5.91 Å². The van der Waals surface area contributed by atoms with E-state index in [4.69, 9.17) is 5.16 Å². The van der Waals surface area contributed by atoms with Crippen LogP contribution in [0.3, 0.4) is 0 Å². The molecule has 10 heavy (non-hydrogen) atoms. The van der Waals surface area contributed by atoms with Gasteiger partial charge in [-0.05, 0) is 6.42 Å². The first-order valence-electron chi connectivity index (χ1n) is 3.36. The third-order valence-electron chi connectivity index (χ3n) is 1.79. The van der Waals surface area contributed by atoms with Crippen molar-refractivity contribution in [2.75, 3.05) is 13.1 Å². The Kier molecular flexibility index (Phi) is 2.39. The topological polar surface area (TPSA) is 44.2 Å². The van der Waals surface area contributed by atoms with E-state index < -0.39 is 0 Å². The average Bonchev–Trinajstić information content (AvgIpc) is 2.34. The van der Waals surface area contributed by atoms with Crippen LogP contribution in [0.5, 0.6) is 0 Å². The molecule has 1 aliphatic rings. The number of likely N-dealkylation sites (tertiary alicyclic amines) is 1. The van der Waals surface area contributed by atoms with Crippen molar-refractivity contribution in [1.29, 1.82) is 5.16 Å². The van der Waals surface area contributed by atoms with E-state index in [9.17, 15) is 4.79 Å². The van der Waals surface area contributed by atoms with E-state index in [2.05, 4.69) is 0 Å². The zero-order valence-electron chi connectivity index (χ0n) is 6.00. The fourth-order valence-electron chi connectivity index (χ4n) is 1.13. The van der Waals surface area contributed by atoms with Gasteiger partial charge in [-0.25, -0.2) is 0 Å². The molecule has 0 aromatic heterocycles. The summed E-state index contributed by atoms with van der Waals surface area (Å²) in [5.74, 6) is 0.145. The summed E-state index contributed by atoms with van der Waals surface area (Å²) in [6.07, 6.45) is 1.00. The van der Waals surface area contributed by atoms with Crippen molar-refractivity contribution < 1.29 is 4.79 Å². The van der Waals surface area contributed by atoms with Crippen LogP contribution in [0.4, 0.5) is 0 Å². The van der Waals surface area contributed by atoms with E-state index in [0.29, 0.717) is 14.0 Å². The Morgan fingerprint density at radius 3 is 2.80 bits per heavy atom. The van der Waals surface area contributed by atoms with Crippen LogP contribution in [0.2, 0.25) is 0 Å². The number of carbonyl (C=O) groups excluding carboxylic acids is 1. The third kappa shape index (κ3) is 1.54. The van der Waals surface area contributed by atoms with Crippen molar-refractivity contribution in [3.8, 4) is 0 Å². The Bertz CT molecular complexity index is 160. The summed E-state index contributed by atoms with van der Waals surface area (Å²) in [6.45, 7) is 3.23. The molecule has 1 heterocycles. The summed E-state index contributed by atoms with van der Waals surface area (Å²) in [5, 5.41) is 7.07. The second-order valence-corrected chi connectivity index (χ2v) is 3.53. The highest BCUT2D eigenvalue weighted by Crippen LogP contribution is 2.20. The molecule has 0 spiro atoms. The zero-order chi connectivity index (χ0) is 7.56. The predicted molar refractivity (Wildman–Crippen MR) is 40.3 cm³/mol. The number of nitrogens with one attached hydrogen (secondary N) is 1. The number of hydrogen-bond donors (Lipinski definition) is 1. The van der Waals surface area contributed by atoms with Crippen LogP contribution < -0.4 is 0 Å². The van der Waals surface area contributed by atoms with Crippen LogP contribution in [-0.2, 0) is 4.79 Å². The molecule has 3 nitrogen and oxygen atoms in total. The first-order valence-corrected chi connectivity index (χ1v) is 4.32. The molecule has 0 radical (unpaired) electrons. The lowest BCUT2D eigenvalue weighted by molar-refractivity contribution is -0.127. The number of carbonyl (C=O) groups is 1. The van der Waals surface area contributed by atoms with E-state index in [1.54, 1.807) is 6.92 Å². The normalized spacial score (nSPS) is 25.7. The molecule has 1 rings (SSSR count). The molecular weight excluding hydrogens is 147 g/mol. The molecule has 1 aliphatic heterocycles. The summed E-state index contributed by atoms with van der Waals surface area (Å²) in [7, 11) is 0.678. The van der Waals surface area contributed by atoms with Gasteiger partial charge in [0.05, 0.1) is 0 Å². The van der Waals surface area contributed by atoms with Crippen LogP contribution in [0, 0.1) is 5.16 Å². The first-order chi connectivity index (χ1) is 4.74. The Balaban J connectivity index is 2.42. The van der Waals surface area contributed by atoms with Gasteiger partial charge in [-0.3, -0.25) is 9.96 Å². The van der Waals surface area contributed by atoms with Crippen molar-refractivity contribution in [2.24, 2.45) is 0 Å². The molecule has 1 amide bonds. The molecule has 1 fully saturated rings.